The van der Waals surface area contributed by atoms with Crippen LogP contribution in [0.3, 0.4) is 0 Å². The molecule has 1 aromatic carbocycles. The lowest BCUT2D eigenvalue weighted by Crippen LogP contribution is -2.25. The van der Waals surface area contributed by atoms with Crippen LogP contribution >= 0.6 is 11.8 Å². The maximum absolute atomic E-state index is 12.0. The second-order valence-corrected chi connectivity index (χ2v) is 8.73. The third kappa shape index (κ3) is 3.07. The van der Waals surface area contributed by atoms with Crippen LogP contribution in [0.25, 0.3) is 0 Å². The minimum atomic E-state index is -0.712. The van der Waals surface area contributed by atoms with Crippen LogP contribution < -0.4 is 0 Å². The maximum atomic E-state index is 12.0. The number of allylic oxidation sites excluding steroid dienone is 1. The molecule has 3 nitrogen and oxygen atoms in total. The molecule has 2 aliphatic rings. The summed E-state index contributed by atoms with van der Waals surface area (Å²) < 4.78 is 0. The molecule has 0 radical (unpaired) electrons. The minimum absolute atomic E-state index is 0.0181. The van der Waals surface area contributed by atoms with Crippen molar-refractivity contribution in [2.24, 2.45) is 11.3 Å². The summed E-state index contributed by atoms with van der Waals surface area (Å²) in [6.07, 6.45) is 3.01. The van der Waals surface area contributed by atoms with E-state index < -0.39 is 11.9 Å². The SMILES string of the molecule is Cc1cc(CO)ccc1C1SC2=C(CC(C)(C)CC2)C1C(=O)O. The van der Waals surface area contributed by atoms with Crippen LogP contribution in [-0.4, -0.2) is 16.2 Å². The van der Waals surface area contributed by atoms with E-state index in [9.17, 15) is 15.0 Å². The molecule has 0 spiro atoms. The molecular weight excluding hydrogens is 308 g/mol. The van der Waals surface area contributed by atoms with E-state index in [4.69, 9.17) is 0 Å². The van der Waals surface area contributed by atoms with E-state index in [1.54, 1.807) is 11.8 Å². The van der Waals surface area contributed by atoms with Crippen molar-refractivity contribution in [3.63, 3.8) is 0 Å². The summed E-state index contributed by atoms with van der Waals surface area (Å²) >= 11 is 1.75. The summed E-state index contributed by atoms with van der Waals surface area (Å²) in [5.74, 6) is -1.14. The quantitative estimate of drug-likeness (QED) is 0.859. The highest BCUT2D eigenvalue weighted by Crippen LogP contribution is 2.59. The Morgan fingerprint density at radius 1 is 1.39 bits per heavy atom. The van der Waals surface area contributed by atoms with Crippen molar-refractivity contribution in [2.45, 2.75) is 51.9 Å². The van der Waals surface area contributed by atoms with Gasteiger partial charge in [0.05, 0.1) is 17.8 Å². The molecule has 1 aliphatic heterocycles. The molecule has 23 heavy (non-hydrogen) atoms. The van der Waals surface area contributed by atoms with Gasteiger partial charge in [-0.2, -0.15) is 0 Å². The number of hydrogen-bond acceptors (Lipinski definition) is 3. The first-order valence-electron chi connectivity index (χ1n) is 8.14. The Labute approximate surface area is 141 Å². The van der Waals surface area contributed by atoms with Crippen LogP contribution in [0.1, 0.15) is 55.1 Å². The first kappa shape index (κ1) is 16.6. The molecule has 0 aromatic heterocycles. The Balaban J connectivity index is 1.97. The van der Waals surface area contributed by atoms with Crippen molar-refractivity contribution in [3.05, 3.63) is 45.4 Å². The average Bonchev–Trinajstić information content (AvgIpc) is 2.83. The smallest absolute Gasteiger partial charge is 0.312 e. The number of carbonyl (C=O) groups is 1. The van der Waals surface area contributed by atoms with Crippen molar-refractivity contribution in [2.75, 3.05) is 0 Å². The van der Waals surface area contributed by atoms with Crippen molar-refractivity contribution >= 4 is 17.7 Å². The highest BCUT2D eigenvalue weighted by atomic mass is 32.2. The summed E-state index contributed by atoms with van der Waals surface area (Å²) in [5, 5.41) is 19.1. The lowest BCUT2D eigenvalue weighted by Gasteiger charge is -2.31. The van der Waals surface area contributed by atoms with Crippen LogP contribution in [0.4, 0.5) is 0 Å². The molecule has 0 saturated heterocycles. The van der Waals surface area contributed by atoms with Crippen LogP contribution in [-0.2, 0) is 11.4 Å². The van der Waals surface area contributed by atoms with Gasteiger partial charge in [0.25, 0.3) is 0 Å². The van der Waals surface area contributed by atoms with Crippen LogP contribution in [0.15, 0.2) is 28.7 Å². The van der Waals surface area contributed by atoms with Crippen LogP contribution in [0, 0.1) is 18.3 Å². The Morgan fingerprint density at radius 2 is 2.13 bits per heavy atom. The second-order valence-electron chi connectivity index (χ2n) is 7.49. The van der Waals surface area contributed by atoms with Gasteiger partial charge in [0.2, 0.25) is 0 Å². The van der Waals surface area contributed by atoms with Crippen LogP contribution in [0.2, 0.25) is 0 Å². The summed E-state index contributed by atoms with van der Waals surface area (Å²) in [5.41, 5.74) is 4.37. The van der Waals surface area contributed by atoms with Gasteiger partial charge in [0.15, 0.2) is 0 Å². The minimum Gasteiger partial charge on any atom is -0.481 e. The van der Waals surface area contributed by atoms with Gasteiger partial charge in [-0.05, 0) is 58.8 Å². The van der Waals surface area contributed by atoms with Gasteiger partial charge in [-0.15, -0.1) is 11.8 Å². The molecule has 2 atom stereocenters. The van der Waals surface area contributed by atoms with Gasteiger partial charge in [0.1, 0.15) is 0 Å². The third-order valence-corrected chi connectivity index (χ3v) is 6.62. The first-order chi connectivity index (χ1) is 10.8. The molecular formula is C19H24O3S. The topological polar surface area (TPSA) is 57.5 Å². The maximum Gasteiger partial charge on any atom is 0.312 e. The van der Waals surface area contributed by atoms with E-state index in [0.29, 0.717) is 0 Å². The number of carboxylic acid groups (broad SMARTS) is 1. The Morgan fingerprint density at radius 3 is 2.74 bits per heavy atom. The molecule has 1 heterocycles. The number of benzene rings is 1. The van der Waals surface area contributed by atoms with Gasteiger partial charge in [-0.3, -0.25) is 4.79 Å². The number of aliphatic hydroxyl groups is 1. The van der Waals surface area contributed by atoms with E-state index in [1.165, 1.54) is 4.91 Å². The number of carboxylic acids is 1. The molecule has 3 rings (SSSR count). The van der Waals surface area contributed by atoms with Gasteiger partial charge in [0, 0.05) is 0 Å². The second kappa shape index (κ2) is 5.99. The van der Waals surface area contributed by atoms with Crippen molar-refractivity contribution in [1.82, 2.24) is 0 Å². The lowest BCUT2D eigenvalue weighted by atomic mass is 9.73. The van der Waals surface area contributed by atoms with Gasteiger partial charge >= 0.3 is 5.97 Å². The molecule has 124 valence electrons. The van der Waals surface area contributed by atoms with Gasteiger partial charge < -0.3 is 10.2 Å². The molecule has 2 N–H and O–H groups in total. The van der Waals surface area contributed by atoms with Crippen molar-refractivity contribution < 1.29 is 15.0 Å². The Bertz CT molecular complexity index is 675. The van der Waals surface area contributed by atoms with Crippen molar-refractivity contribution in [1.29, 1.82) is 0 Å². The number of rotatable bonds is 3. The molecule has 0 saturated carbocycles. The predicted octanol–water partition coefficient (Wildman–Crippen LogP) is 4.44. The summed E-state index contributed by atoms with van der Waals surface area (Å²) in [4.78, 5) is 13.3. The molecule has 1 aromatic rings. The van der Waals surface area contributed by atoms with Gasteiger partial charge in [-0.25, -0.2) is 0 Å². The summed E-state index contributed by atoms with van der Waals surface area (Å²) in [7, 11) is 0. The zero-order valence-electron chi connectivity index (χ0n) is 13.9. The molecule has 4 heteroatoms. The lowest BCUT2D eigenvalue weighted by molar-refractivity contribution is -0.140. The van der Waals surface area contributed by atoms with Gasteiger partial charge in [-0.1, -0.05) is 32.0 Å². The normalized spacial score (nSPS) is 26.3. The fraction of sp³-hybridized carbons (Fsp3) is 0.526. The van der Waals surface area contributed by atoms with E-state index in [-0.39, 0.29) is 17.3 Å². The standard InChI is InChI=1S/C19H24O3S/c1-11-8-12(10-20)4-5-13(11)17-16(18(21)22)14-9-19(2,3)7-6-15(14)23-17/h4-5,8,16-17,20H,6-7,9-10H2,1-3H3,(H,21,22). The predicted molar refractivity (Wildman–Crippen MR) is 93.2 cm³/mol. The Kier molecular flexibility index (Phi) is 4.32. The van der Waals surface area contributed by atoms with E-state index in [1.807, 2.05) is 25.1 Å². The largest absolute Gasteiger partial charge is 0.481 e. The zero-order chi connectivity index (χ0) is 16.8. The van der Waals surface area contributed by atoms with E-state index in [0.717, 1.165) is 41.5 Å². The molecule has 0 amide bonds. The zero-order valence-corrected chi connectivity index (χ0v) is 14.7. The van der Waals surface area contributed by atoms with Crippen molar-refractivity contribution in [3.8, 4) is 0 Å². The molecule has 1 aliphatic carbocycles. The number of aryl methyl sites for hydroxylation is 1. The third-order valence-electron chi connectivity index (χ3n) is 5.09. The average molecular weight is 332 g/mol. The number of thioether (sulfide) groups is 1. The fourth-order valence-electron chi connectivity index (χ4n) is 3.81. The van der Waals surface area contributed by atoms with E-state index >= 15 is 0 Å². The van der Waals surface area contributed by atoms with E-state index in [2.05, 4.69) is 13.8 Å². The monoisotopic (exact) mass is 332 g/mol. The fourth-order valence-corrected chi connectivity index (χ4v) is 5.50. The molecule has 2 unspecified atom stereocenters. The number of hydrogen-bond donors (Lipinski definition) is 2. The first-order valence-corrected chi connectivity index (χ1v) is 9.02. The summed E-state index contributed by atoms with van der Waals surface area (Å²) in [6.45, 7) is 6.49. The molecule has 0 bridgehead atoms. The number of aliphatic carboxylic acids is 1. The summed E-state index contributed by atoms with van der Waals surface area (Å²) in [6, 6.07) is 5.87. The molecule has 0 fully saturated rings. The highest BCUT2D eigenvalue weighted by Gasteiger charge is 2.45. The van der Waals surface area contributed by atoms with Crippen LogP contribution in [0.5, 0.6) is 0 Å². The number of aliphatic hydroxyl groups excluding tert-OH is 1. The Hall–Kier alpha value is -1.26. The highest BCUT2D eigenvalue weighted by molar-refractivity contribution is 8.03.